The highest BCUT2D eigenvalue weighted by molar-refractivity contribution is 5.72. The molecule has 0 aliphatic heterocycles. The van der Waals surface area contributed by atoms with Crippen molar-refractivity contribution in [3.63, 3.8) is 0 Å². The standard InChI is InChI=1S/C8H19N3O/c1-6(2)4-11(8(10)12)5-7(3)9/h6-7H,4-5,9H2,1-3H3,(H2,10,12). The van der Waals surface area contributed by atoms with Crippen LogP contribution in [-0.2, 0) is 0 Å². The van der Waals surface area contributed by atoms with E-state index in [4.69, 9.17) is 11.5 Å². The second kappa shape index (κ2) is 4.98. The summed E-state index contributed by atoms with van der Waals surface area (Å²) in [7, 11) is 0. The predicted octanol–water partition coefficient (Wildman–Crippen LogP) is 0.370. The van der Waals surface area contributed by atoms with Crippen molar-refractivity contribution in [1.29, 1.82) is 0 Å². The Labute approximate surface area is 73.9 Å². The minimum atomic E-state index is -0.388. The number of primary amides is 1. The first kappa shape index (κ1) is 11.2. The summed E-state index contributed by atoms with van der Waals surface area (Å²) in [6.07, 6.45) is 0. The highest BCUT2D eigenvalue weighted by Crippen LogP contribution is 1.98. The summed E-state index contributed by atoms with van der Waals surface area (Å²) in [6, 6.07) is -0.405. The molecule has 4 N–H and O–H groups in total. The molecule has 0 spiro atoms. The van der Waals surface area contributed by atoms with Crippen molar-refractivity contribution < 1.29 is 4.79 Å². The molecule has 0 rings (SSSR count). The van der Waals surface area contributed by atoms with Crippen LogP contribution in [0.15, 0.2) is 0 Å². The molecule has 0 aromatic heterocycles. The fraction of sp³-hybridized carbons (Fsp3) is 0.875. The molecule has 12 heavy (non-hydrogen) atoms. The lowest BCUT2D eigenvalue weighted by Crippen LogP contribution is -2.44. The number of carbonyl (C=O) groups excluding carboxylic acids is 1. The zero-order valence-electron chi connectivity index (χ0n) is 8.08. The second-order valence-electron chi connectivity index (χ2n) is 3.61. The molecule has 0 radical (unpaired) electrons. The number of urea groups is 1. The van der Waals surface area contributed by atoms with E-state index in [1.807, 2.05) is 20.8 Å². The van der Waals surface area contributed by atoms with Crippen LogP contribution in [0.25, 0.3) is 0 Å². The first-order chi connectivity index (χ1) is 5.43. The molecule has 0 bridgehead atoms. The number of hydrogen-bond donors (Lipinski definition) is 2. The molecular formula is C8H19N3O. The first-order valence-corrected chi connectivity index (χ1v) is 4.23. The molecule has 0 aliphatic carbocycles. The third kappa shape index (κ3) is 4.96. The molecule has 0 saturated carbocycles. The summed E-state index contributed by atoms with van der Waals surface area (Å²) >= 11 is 0. The van der Waals surface area contributed by atoms with Crippen LogP contribution in [0.4, 0.5) is 4.79 Å². The Bertz CT molecular complexity index is 135. The van der Waals surface area contributed by atoms with Gasteiger partial charge in [0.15, 0.2) is 0 Å². The summed E-state index contributed by atoms with van der Waals surface area (Å²) in [4.78, 5) is 12.4. The Kier molecular flexibility index (Phi) is 4.66. The highest BCUT2D eigenvalue weighted by Gasteiger charge is 2.12. The molecule has 0 aromatic rings. The van der Waals surface area contributed by atoms with Crippen molar-refractivity contribution in [3.05, 3.63) is 0 Å². The molecule has 0 aromatic carbocycles. The van der Waals surface area contributed by atoms with Gasteiger partial charge in [-0.05, 0) is 12.8 Å². The van der Waals surface area contributed by atoms with E-state index in [9.17, 15) is 4.79 Å². The van der Waals surface area contributed by atoms with E-state index in [0.29, 0.717) is 19.0 Å². The van der Waals surface area contributed by atoms with Gasteiger partial charge >= 0.3 is 6.03 Å². The molecule has 72 valence electrons. The van der Waals surface area contributed by atoms with Crippen molar-refractivity contribution >= 4 is 6.03 Å². The Balaban J connectivity index is 3.96. The van der Waals surface area contributed by atoms with Gasteiger partial charge in [-0.25, -0.2) is 4.79 Å². The number of amides is 2. The van der Waals surface area contributed by atoms with Crippen LogP contribution in [0.3, 0.4) is 0 Å². The molecule has 1 unspecified atom stereocenters. The SMILES string of the molecule is CC(C)CN(CC(C)N)C(N)=O. The first-order valence-electron chi connectivity index (χ1n) is 4.23. The van der Waals surface area contributed by atoms with E-state index in [2.05, 4.69) is 0 Å². The maximum Gasteiger partial charge on any atom is 0.314 e. The van der Waals surface area contributed by atoms with E-state index in [-0.39, 0.29) is 12.1 Å². The molecule has 2 amide bonds. The Hall–Kier alpha value is -0.770. The third-order valence-corrected chi connectivity index (χ3v) is 1.41. The summed E-state index contributed by atoms with van der Waals surface area (Å²) in [5.41, 5.74) is 10.7. The van der Waals surface area contributed by atoms with Crippen LogP contribution in [0.2, 0.25) is 0 Å². The fourth-order valence-corrected chi connectivity index (χ4v) is 1.04. The monoisotopic (exact) mass is 173 g/mol. The van der Waals surface area contributed by atoms with E-state index in [1.54, 1.807) is 4.90 Å². The van der Waals surface area contributed by atoms with Gasteiger partial charge in [0.1, 0.15) is 0 Å². The topological polar surface area (TPSA) is 72.3 Å². The third-order valence-electron chi connectivity index (χ3n) is 1.41. The number of rotatable bonds is 4. The highest BCUT2D eigenvalue weighted by atomic mass is 16.2. The number of hydrogen-bond acceptors (Lipinski definition) is 2. The lowest BCUT2D eigenvalue weighted by Gasteiger charge is -2.23. The van der Waals surface area contributed by atoms with Gasteiger partial charge in [-0.2, -0.15) is 0 Å². The van der Waals surface area contributed by atoms with Gasteiger partial charge in [-0.3, -0.25) is 0 Å². The van der Waals surface area contributed by atoms with Crippen molar-refractivity contribution in [1.82, 2.24) is 4.90 Å². The van der Waals surface area contributed by atoms with Crippen LogP contribution in [0, 0.1) is 5.92 Å². The lowest BCUT2D eigenvalue weighted by atomic mass is 10.2. The fourth-order valence-electron chi connectivity index (χ4n) is 1.04. The quantitative estimate of drug-likeness (QED) is 0.644. The van der Waals surface area contributed by atoms with Gasteiger partial charge < -0.3 is 16.4 Å². The van der Waals surface area contributed by atoms with Crippen LogP contribution in [-0.4, -0.2) is 30.1 Å². The minimum absolute atomic E-state index is 0.0174. The maximum absolute atomic E-state index is 10.9. The smallest absolute Gasteiger partial charge is 0.314 e. The number of carbonyl (C=O) groups is 1. The van der Waals surface area contributed by atoms with Crippen molar-refractivity contribution in [2.24, 2.45) is 17.4 Å². The van der Waals surface area contributed by atoms with E-state index < -0.39 is 0 Å². The molecule has 1 atom stereocenters. The van der Waals surface area contributed by atoms with Crippen LogP contribution < -0.4 is 11.5 Å². The summed E-state index contributed by atoms with van der Waals surface area (Å²) in [5.74, 6) is 0.427. The average molecular weight is 173 g/mol. The summed E-state index contributed by atoms with van der Waals surface area (Å²) in [6.45, 7) is 7.15. The number of nitrogens with two attached hydrogens (primary N) is 2. The molecule has 0 saturated heterocycles. The molecular weight excluding hydrogens is 154 g/mol. The van der Waals surface area contributed by atoms with Crippen molar-refractivity contribution in [3.8, 4) is 0 Å². The molecule has 0 heterocycles. The van der Waals surface area contributed by atoms with Gasteiger partial charge in [0, 0.05) is 19.1 Å². The van der Waals surface area contributed by atoms with E-state index in [0.717, 1.165) is 0 Å². The molecule has 0 aliphatic rings. The van der Waals surface area contributed by atoms with Gasteiger partial charge in [-0.1, -0.05) is 13.8 Å². The zero-order valence-corrected chi connectivity index (χ0v) is 8.08. The average Bonchev–Trinajstić information content (AvgIpc) is 1.83. The summed E-state index contributed by atoms with van der Waals surface area (Å²) in [5, 5.41) is 0. The number of nitrogens with zero attached hydrogens (tertiary/aromatic N) is 1. The normalized spacial score (nSPS) is 13.1. The minimum Gasteiger partial charge on any atom is -0.351 e. The van der Waals surface area contributed by atoms with Crippen LogP contribution >= 0.6 is 0 Å². The Morgan fingerprint density at radius 1 is 1.33 bits per heavy atom. The lowest BCUT2D eigenvalue weighted by molar-refractivity contribution is 0.197. The van der Waals surface area contributed by atoms with Gasteiger partial charge in [0.25, 0.3) is 0 Å². The Morgan fingerprint density at radius 3 is 2.08 bits per heavy atom. The van der Waals surface area contributed by atoms with Gasteiger partial charge in [-0.15, -0.1) is 0 Å². The maximum atomic E-state index is 10.9. The predicted molar refractivity (Wildman–Crippen MR) is 49.6 cm³/mol. The Morgan fingerprint density at radius 2 is 1.83 bits per heavy atom. The van der Waals surface area contributed by atoms with Gasteiger partial charge in [0.2, 0.25) is 0 Å². The van der Waals surface area contributed by atoms with Crippen LogP contribution in [0.5, 0.6) is 0 Å². The van der Waals surface area contributed by atoms with Crippen molar-refractivity contribution in [2.45, 2.75) is 26.8 Å². The van der Waals surface area contributed by atoms with Crippen molar-refractivity contribution in [2.75, 3.05) is 13.1 Å². The van der Waals surface area contributed by atoms with E-state index in [1.165, 1.54) is 0 Å². The largest absolute Gasteiger partial charge is 0.351 e. The summed E-state index contributed by atoms with van der Waals surface area (Å²) < 4.78 is 0. The van der Waals surface area contributed by atoms with E-state index >= 15 is 0 Å². The second-order valence-corrected chi connectivity index (χ2v) is 3.61. The molecule has 4 nitrogen and oxygen atoms in total. The van der Waals surface area contributed by atoms with Gasteiger partial charge in [0.05, 0.1) is 0 Å². The molecule has 0 fully saturated rings. The molecule has 4 heteroatoms. The zero-order chi connectivity index (χ0) is 9.72. The van der Waals surface area contributed by atoms with Crippen LogP contribution in [0.1, 0.15) is 20.8 Å².